The number of nitrogens with zero attached hydrogens (tertiary/aromatic N) is 3. The fourth-order valence-corrected chi connectivity index (χ4v) is 3.91. The molecule has 134 valence electrons. The van der Waals surface area contributed by atoms with Crippen molar-refractivity contribution in [1.82, 2.24) is 15.2 Å². The van der Waals surface area contributed by atoms with Crippen LogP contribution in [0.2, 0.25) is 0 Å². The average Bonchev–Trinajstić information content (AvgIpc) is 3.16. The lowest BCUT2D eigenvalue weighted by Gasteiger charge is -2.25. The highest BCUT2D eigenvalue weighted by atomic mass is 32.1. The minimum atomic E-state index is -0.866. The number of hydrogen-bond donors (Lipinski definition) is 2. The van der Waals surface area contributed by atoms with Gasteiger partial charge in [-0.05, 0) is 37.8 Å². The minimum Gasteiger partial charge on any atom is -0.383 e. The molecule has 1 heterocycles. The van der Waals surface area contributed by atoms with Crippen molar-refractivity contribution in [2.75, 3.05) is 20.1 Å². The third kappa shape index (κ3) is 4.02. The number of aliphatic hydroxyl groups is 1. The molecule has 6 heteroatoms. The van der Waals surface area contributed by atoms with E-state index in [1.807, 2.05) is 32.2 Å². The Hall–Kier alpha value is -1.92. The van der Waals surface area contributed by atoms with Crippen molar-refractivity contribution >= 4 is 17.3 Å². The van der Waals surface area contributed by atoms with Crippen molar-refractivity contribution in [2.24, 2.45) is 4.99 Å². The summed E-state index contributed by atoms with van der Waals surface area (Å²) in [6.07, 6.45) is 1.64. The number of aliphatic imine (C=N–C) groups is 1. The summed E-state index contributed by atoms with van der Waals surface area (Å²) in [5, 5.41) is 17.5. The average molecular weight is 359 g/mol. The van der Waals surface area contributed by atoms with E-state index >= 15 is 0 Å². The van der Waals surface area contributed by atoms with E-state index in [1.54, 1.807) is 11.3 Å². The standard InChI is InChI=1S/C19H26N4OS/c1-4-20-18(23(3)11-16-12-25-14(2)22-16)21-13-19(24)10-9-15-7-5-6-8-17(15)19/h5-8,12,24H,4,9-11,13H2,1-3H3,(H,20,21). The SMILES string of the molecule is CCNC(=NCC1(O)CCc2ccccc21)N(C)Cc1csc(C)n1. The van der Waals surface area contributed by atoms with Crippen LogP contribution in [-0.4, -0.2) is 41.1 Å². The Balaban J connectivity index is 1.74. The van der Waals surface area contributed by atoms with E-state index in [2.05, 4.69) is 33.6 Å². The van der Waals surface area contributed by atoms with Gasteiger partial charge >= 0.3 is 0 Å². The van der Waals surface area contributed by atoms with E-state index in [4.69, 9.17) is 4.99 Å². The Labute approximate surface area is 153 Å². The summed E-state index contributed by atoms with van der Waals surface area (Å²) in [6, 6.07) is 8.13. The Morgan fingerprint density at radius 3 is 2.96 bits per heavy atom. The van der Waals surface area contributed by atoms with E-state index in [9.17, 15) is 5.11 Å². The van der Waals surface area contributed by atoms with Crippen LogP contribution in [-0.2, 0) is 18.6 Å². The van der Waals surface area contributed by atoms with Crippen LogP contribution >= 0.6 is 11.3 Å². The number of guanidine groups is 1. The molecule has 1 atom stereocenters. The second-order valence-corrected chi connectivity index (χ2v) is 7.64. The lowest BCUT2D eigenvalue weighted by atomic mass is 9.96. The molecule has 0 bridgehead atoms. The molecule has 2 N–H and O–H groups in total. The van der Waals surface area contributed by atoms with Crippen molar-refractivity contribution in [1.29, 1.82) is 0 Å². The summed E-state index contributed by atoms with van der Waals surface area (Å²) in [6.45, 7) is 5.92. The second kappa shape index (κ2) is 7.54. The first-order valence-electron chi connectivity index (χ1n) is 8.73. The van der Waals surface area contributed by atoms with Gasteiger partial charge < -0.3 is 15.3 Å². The zero-order chi connectivity index (χ0) is 17.9. The topological polar surface area (TPSA) is 60.8 Å². The predicted molar refractivity (Wildman–Crippen MR) is 103 cm³/mol. The van der Waals surface area contributed by atoms with Crippen LogP contribution in [0.4, 0.5) is 0 Å². The van der Waals surface area contributed by atoms with E-state index in [0.717, 1.165) is 41.6 Å². The largest absolute Gasteiger partial charge is 0.383 e. The van der Waals surface area contributed by atoms with Gasteiger partial charge in [-0.15, -0.1) is 11.3 Å². The van der Waals surface area contributed by atoms with Gasteiger partial charge in [0, 0.05) is 19.0 Å². The molecule has 0 radical (unpaired) electrons. The lowest BCUT2D eigenvalue weighted by molar-refractivity contribution is 0.0483. The molecule has 0 saturated carbocycles. The molecule has 1 aliphatic carbocycles. The molecule has 0 fully saturated rings. The van der Waals surface area contributed by atoms with Crippen LogP contribution < -0.4 is 5.32 Å². The normalized spacial score (nSPS) is 19.8. The monoisotopic (exact) mass is 358 g/mol. The summed E-state index contributed by atoms with van der Waals surface area (Å²) in [4.78, 5) is 11.3. The van der Waals surface area contributed by atoms with Crippen molar-refractivity contribution in [3.8, 4) is 0 Å². The van der Waals surface area contributed by atoms with Gasteiger partial charge in [-0.25, -0.2) is 9.98 Å². The quantitative estimate of drug-likeness (QED) is 0.637. The number of hydrogen-bond acceptors (Lipinski definition) is 4. The molecule has 1 unspecified atom stereocenters. The van der Waals surface area contributed by atoms with Crippen LogP contribution in [0.1, 0.15) is 35.2 Å². The van der Waals surface area contributed by atoms with Gasteiger partial charge in [-0.1, -0.05) is 24.3 Å². The summed E-state index contributed by atoms with van der Waals surface area (Å²) in [5.74, 6) is 0.797. The molecule has 0 amide bonds. The summed E-state index contributed by atoms with van der Waals surface area (Å²) in [7, 11) is 2.00. The maximum Gasteiger partial charge on any atom is 0.194 e. The van der Waals surface area contributed by atoms with Gasteiger partial charge in [0.1, 0.15) is 5.60 Å². The van der Waals surface area contributed by atoms with Gasteiger partial charge in [-0.2, -0.15) is 0 Å². The Kier molecular flexibility index (Phi) is 5.39. The summed E-state index contributed by atoms with van der Waals surface area (Å²) < 4.78 is 0. The van der Waals surface area contributed by atoms with Crippen LogP contribution in [0.3, 0.4) is 0 Å². The van der Waals surface area contributed by atoms with Crippen molar-refractivity contribution in [3.63, 3.8) is 0 Å². The smallest absolute Gasteiger partial charge is 0.194 e. The van der Waals surface area contributed by atoms with E-state index < -0.39 is 5.60 Å². The molecule has 3 rings (SSSR count). The lowest BCUT2D eigenvalue weighted by Crippen LogP contribution is -2.40. The number of aryl methyl sites for hydroxylation is 2. The molecule has 5 nitrogen and oxygen atoms in total. The molecule has 0 spiro atoms. The van der Waals surface area contributed by atoms with Gasteiger partial charge in [0.25, 0.3) is 0 Å². The molecule has 25 heavy (non-hydrogen) atoms. The number of thiazole rings is 1. The van der Waals surface area contributed by atoms with Crippen molar-refractivity contribution in [2.45, 2.75) is 38.8 Å². The van der Waals surface area contributed by atoms with Gasteiger partial charge in [0.05, 0.1) is 23.8 Å². The molecule has 1 aliphatic rings. The fraction of sp³-hybridized carbons (Fsp3) is 0.474. The molecule has 1 aromatic heterocycles. The highest BCUT2D eigenvalue weighted by molar-refractivity contribution is 7.09. The maximum atomic E-state index is 11.1. The Morgan fingerprint density at radius 2 is 2.24 bits per heavy atom. The van der Waals surface area contributed by atoms with E-state index in [1.165, 1.54) is 5.56 Å². The highest BCUT2D eigenvalue weighted by Gasteiger charge is 2.36. The number of fused-ring (bicyclic) bond motifs is 1. The number of benzene rings is 1. The molecule has 0 saturated heterocycles. The Bertz CT molecular complexity index is 757. The van der Waals surface area contributed by atoms with Crippen molar-refractivity contribution in [3.05, 3.63) is 51.5 Å². The van der Waals surface area contributed by atoms with Crippen LogP contribution in [0.15, 0.2) is 34.6 Å². The molecular formula is C19H26N4OS. The number of rotatable bonds is 5. The molecule has 0 aliphatic heterocycles. The molecule has 2 aromatic rings. The maximum absolute atomic E-state index is 11.1. The third-order valence-electron chi connectivity index (χ3n) is 4.58. The summed E-state index contributed by atoms with van der Waals surface area (Å²) in [5.41, 5.74) is 2.43. The van der Waals surface area contributed by atoms with Gasteiger partial charge in [-0.3, -0.25) is 0 Å². The van der Waals surface area contributed by atoms with E-state index in [0.29, 0.717) is 13.1 Å². The van der Waals surface area contributed by atoms with Crippen LogP contribution in [0.25, 0.3) is 0 Å². The third-order valence-corrected chi connectivity index (χ3v) is 5.40. The Morgan fingerprint density at radius 1 is 1.44 bits per heavy atom. The van der Waals surface area contributed by atoms with Crippen LogP contribution in [0.5, 0.6) is 0 Å². The van der Waals surface area contributed by atoms with Gasteiger partial charge in [0.15, 0.2) is 5.96 Å². The summed E-state index contributed by atoms with van der Waals surface area (Å²) >= 11 is 1.66. The van der Waals surface area contributed by atoms with E-state index in [-0.39, 0.29) is 0 Å². The zero-order valence-corrected chi connectivity index (χ0v) is 15.9. The fourth-order valence-electron chi connectivity index (χ4n) is 3.31. The first-order chi connectivity index (χ1) is 12.0. The predicted octanol–water partition coefficient (Wildman–Crippen LogP) is 2.68. The first-order valence-corrected chi connectivity index (χ1v) is 9.61. The first kappa shape index (κ1) is 17.9. The zero-order valence-electron chi connectivity index (χ0n) is 15.1. The minimum absolute atomic E-state index is 0.368. The molecule has 1 aromatic carbocycles. The second-order valence-electron chi connectivity index (χ2n) is 6.57. The number of nitrogens with one attached hydrogen (secondary N) is 1. The van der Waals surface area contributed by atoms with Crippen LogP contribution in [0, 0.1) is 6.92 Å². The van der Waals surface area contributed by atoms with Gasteiger partial charge in [0.2, 0.25) is 0 Å². The number of aromatic nitrogens is 1. The molecular weight excluding hydrogens is 332 g/mol. The van der Waals surface area contributed by atoms with Crippen molar-refractivity contribution < 1.29 is 5.11 Å². The highest BCUT2D eigenvalue weighted by Crippen LogP contribution is 2.36.